The molecule has 2 N–H and O–H groups in total. The van der Waals surface area contributed by atoms with E-state index < -0.39 is 5.91 Å². The first kappa shape index (κ1) is 20.1. The van der Waals surface area contributed by atoms with Gasteiger partial charge in [0.15, 0.2) is 6.61 Å². The highest BCUT2D eigenvalue weighted by molar-refractivity contribution is 6.30. The molecule has 8 heteroatoms. The SMILES string of the molecule is O=C(COc1ccc(Cl)cc1)NNC(=O)CN(Cc1ccc(F)cc1)C1CC1. The van der Waals surface area contributed by atoms with Gasteiger partial charge in [0.1, 0.15) is 11.6 Å². The zero-order valence-electron chi connectivity index (χ0n) is 15.2. The Morgan fingerprint density at radius 2 is 1.68 bits per heavy atom. The zero-order chi connectivity index (χ0) is 19.9. The van der Waals surface area contributed by atoms with E-state index in [-0.39, 0.29) is 24.9 Å². The van der Waals surface area contributed by atoms with Gasteiger partial charge in [-0.25, -0.2) is 4.39 Å². The van der Waals surface area contributed by atoms with E-state index >= 15 is 0 Å². The van der Waals surface area contributed by atoms with E-state index in [1.165, 1.54) is 12.1 Å². The number of carbonyl (C=O) groups is 2. The summed E-state index contributed by atoms with van der Waals surface area (Å²) in [4.78, 5) is 26.0. The molecule has 2 aromatic carbocycles. The molecule has 0 aromatic heterocycles. The van der Waals surface area contributed by atoms with Crippen LogP contribution in [0.5, 0.6) is 5.75 Å². The van der Waals surface area contributed by atoms with Crippen LogP contribution < -0.4 is 15.6 Å². The normalized spacial score (nSPS) is 13.2. The molecule has 148 valence electrons. The van der Waals surface area contributed by atoms with Crippen molar-refractivity contribution in [3.8, 4) is 5.75 Å². The number of hydrogen-bond acceptors (Lipinski definition) is 4. The van der Waals surface area contributed by atoms with Crippen LogP contribution in [0.4, 0.5) is 4.39 Å². The topological polar surface area (TPSA) is 70.7 Å². The van der Waals surface area contributed by atoms with Crippen molar-refractivity contribution in [3.63, 3.8) is 0 Å². The highest BCUT2D eigenvalue weighted by Crippen LogP contribution is 2.28. The molecule has 1 aliphatic rings. The number of nitrogens with zero attached hydrogens (tertiary/aromatic N) is 1. The smallest absolute Gasteiger partial charge is 0.276 e. The van der Waals surface area contributed by atoms with Gasteiger partial charge in [0.05, 0.1) is 6.54 Å². The number of carbonyl (C=O) groups excluding carboxylic acids is 2. The predicted octanol–water partition coefficient (Wildman–Crippen LogP) is 2.67. The second kappa shape index (κ2) is 9.52. The Balaban J connectivity index is 1.41. The third-order valence-corrected chi connectivity index (χ3v) is 4.49. The van der Waals surface area contributed by atoms with Gasteiger partial charge in [-0.1, -0.05) is 23.7 Å². The van der Waals surface area contributed by atoms with Crippen LogP contribution in [0.25, 0.3) is 0 Å². The minimum absolute atomic E-state index is 0.139. The van der Waals surface area contributed by atoms with Crippen LogP contribution in [0.2, 0.25) is 5.02 Å². The van der Waals surface area contributed by atoms with E-state index in [1.54, 1.807) is 36.4 Å². The van der Waals surface area contributed by atoms with Gasteiger partial charge < -0.3 is 4.74 Å². The van der Waals surface area contributed by atoms with Crippen LogP contribution in [0, 0.1) is 5.82 Å². The van der Waals surface area contributed by atoms with Crippen LogP contribution in [-0.4, -0.2) is 35.9 Å². The first-order chi connectivity index (χ1) is 13.5. The third-order valence-electron chi connectivity index (χ3n) is 4.23. The number of hydrazine groups is 1. The van der Waals surface area contributed by atoms with Crippen molar-refractivity contribution in [1.29, 1.82) is 0 Å². The van der Waals surface area contributed by atoms with E-state index in [2.05, 4.69) is 10.9 Å². The Kier molecular flexibility index (Phi) is 6.84. The van der Waals surface area contributed by atoms with Crippen molar-refractivity contribution in [3.05, 3.63) is 64.9 Å². The molecule has 0 spiro atoms. The number of amides is 2. The molecule has 2 aromatic rings. The molecular weight excluding hydrogens is 385 g/mol. The molecule has 1 saturated carbocycles. The fraction of sp³-hybridized carbons (Fsp3) is 0.300. The lowest BCUT2D eigenvalue weighted by molar-refractivity contribution is -0.130. The molecule has 0 atom stereocenters. The second-order valence-electron chi connectivity index (χ2n) is 6.60. The van der Waals surface area contributed by atoms with Crippen LogP contribution >= 0.6 is 11.6 Å². The summed E-state index contributed by atoms with van der Waals surface area (Å²) >= 11 is 5.78. The van der Waals surface area contributed by atoms with Crippen LogP contribution in [0.1, 0.15) is 18.4 Å². The number of rotatable bonds is 8. The van der Waals surface area contributed by atoms with Crippen molar-refractivity contribution in [2.45, 2.75) is 25.4 Å². The Hall–Kier alpha value is -2.64. The van der Waals surface area contributed by atoms with Gasteiger partial charge in [-0.3, -0.25) is 25.3 Å². The summed E-state index contributed by atoms with van der Waals surface area (Å²) in [6.45, 7) is 0.455. The van der Waals surface area contributed by atoms with Gasteiger partial charge in [-0.2, -0.15) is 0 Å². The van der Waals surface area contributed by atoms with Crippen molar-refractivity contribution < 1.29 is 18.7 Å². The summed E-state index contributed by atoms with van der Waals surface area (Å²) < 4.78 is 18.3. The maximum absolute atomic E-state index is 13.0. The largest absolute Gasteiger partial charge is 0.484 e. The summed E-state index contributed by atoms with van der Waals surface area (Å²) in [6.07, 6.45) is 2.05. The standard InChI is InChI=1S/C20H21ClFN3O3/c21-15-3-9-18(10-4-15)28-13-20(27)24-23-19(26)12-25(17-7-8-17)11-14-1-5-16(22)6-2-14/h1-6,9-10,17H,7-8,11-13H2,(H,23,26)(H,24,27). The van der Waals surface area contributed by atoms with Crippen molar-refractivity contribution in [2.24, 2.45) is 0 Å². The minimum Gasteiger partial charge on any atom is -0.484 e. The Bertz CT molecular complexity index is 810. The molecule has 0 heterocycles. The lowest BCUT2D eigenvalue weighted by atomic mass is 10.2. The van der Waals surface area contributed by atoms with Gasteiger partial charge in [0.25, 0.3) is 11.8 Å². The van der Waals surface area contributed by atoms with E-state index in [1.807, 2.05) is 4.90 Å². The van der Waals surface area contributed by atoms with Gasteiger partial charge in [-0.05, 0) is 54.8 Å². The number of nitrogens with one attached hydrogen (secondary N) is 2. The summed E-state index contributed by atoms with van der Waals surface area (Å²) in [7, 11) is 0. The molecule has 0 unspecified atom stereocenters. The molecule has 3 rings (SSSR count). The first-order valence-corrected chi connectivity index (χ1v) is 9.32. The first-order valence-electron chi connectivity index (χ1n) is 8.94. The number of hydrogen-bond donors (Lipinski definition) is 2. The van der Waals surface area contributed by atoms with Gasteiger partial charge in [0, 0.05) is 17.6 Å². The predicted molar refractivity (Wildman–Crippen MR) is 103 cm³/mol. The highest BCUT2D eigenvalue weighted by Gasteiger charge is 2.30. The Morgan fingerprint density at radius 1 is 1.04 bits per heavy atom. The molecule has 6 nitrogen and oxygen atoms in total. The average molecular weight is 406 g/mol. The fourth-order valence-electron chi connectivity index (χ4n) is 2.66. The van der Waals surface area contributed by atoms with E-state index in [0.29, 0.717) is 23.4 Å². The summed E-state index contributed by atoms with van der Waals surface area (Å²) in [6, 6.07) is 13.2. The fourth-order valence-corrected chi connectivity index (χ4v) is 2.78. The number of benzene rings is 2. The van der Waals surface area contributed by atoms with Crippen LogP contribution in [0.3, 0.4) is 0 Å². The molecule has 28 heavy (non-hydrogen) atoms. The van der Waals surface area contributed by atoms with Gasteiger partial charge in [-0.15, -0.1) is 0 Å². The van der Waals surface area contributed by atoms with E-state index in [0.717, 1.165) is 18.4 Å². The monoisotopic (exact) mass is 405 g/mol. The maximum atomic E-state index is 13.0. The zero-order valence-corrected chi connectivity index (χ0v) is 15.9. The van der Waals surface area contributed by atoms with Crippen molar-refractivity contribution in [1.82, 2.24) is 15.8 Å². The summed E-state index contributed by atoms with van der Waals surface area (Å²) in [5.41, 5.74) is 5.66. The second-order valence-corrected chi connectivity index (χ2v) is 7.04. The number of ether oxygens (including phenoxy) is 1. The molecular formula is C20H21ClFN3O3. The summed E-state index contributed by atoms with van der Waals surface area (Å²) in [5.74, 6) is -0.582. The molecule has 1 fully saturated rings. The molecule has 2 amide bonds. The molecule has 0 bridgehead atoms. The quantitative estimate of drug-likeness (QED) is 0.662. The van der Waals surface area contributed by atoms with Crippen molar-refractivity contribution in [2.75, 3.05) is 13.2 Å². The molecule has 0 radical (unpaired) electrons. The van der Waals surface area contributed by atoms with Crippen LogP contribution in [0.15, 0.2) is 48.5 Å². The van der Waals surface area contributed by atoms with E-state index in [9.17, 15) is 14.0 Å². The lowest BCUT2D eigenvalue weighted by Crippen LogP contribution is -2.48. The maximum Gasteiger partial charge on any atom is 0.276 e. The molecule has 0 aliphatic heterocycles. The van der Waals surface area contributed by atoms with Gasteiger partial charge >= 0.3 is 0 Å². The lowest BCUT2D eigenvalue weighted by Gasteiger charge is -2.21. The Morgan fingerprint density at radius 3 is 2.32 bits per heavy atom. The third kappa shape index (κ3) is 6.51. The highest BCUT2D eigenvalue weighted by atomic mass is 35.5. The molecule has 0 saturated heterocycles. The van der Waals surface area contributed by atoms with Gasteiger partial charge in [0.2, 0.25) is 0 Å². The van der Waals surface area contributed by atoms with E-state index in [4.69, 9.17) is 16.3 Å². The van der Waals surface area contributed by atoms with Crippen LogP contribution in [-0.2, 0) is 16.1 Å². The average Bonchev–Trinajstić information content (AvgIpc) is 3.52. The van der Waals surface area contributed by atoms with Crippen molar-refractivity contribution >= 4 is 23.4 Å². The summed E-state index contributed by atoms with van der Waals surface area (Å²) in [5, 5.41) is 0.574. The Labute approximate surface area is 167 Å². The molecule has 1 aliphatic carbocycles. The minimum atomic E-state index is -0.472. The number of halogens is 2.